The Balaban J connectivity index is 1.79. The molecule has 3 aromatic rings. The molecule has 6 nitrogen and oxygen atoms in total. The number of fused-ring (bicyclic) bond motifs is 1. The number of furan rings is 1. The van der Waals surface area contributed by atoms with Crippen molar-refractivity contribution < 1.29 is 9.21 Å². The molecule has 22 heavy (non-hydrogen) atoms. The number of H-pyrrole nitrogens is 1. The molecule has 0 aliphatic carbocycles. The number of aromatic nitrogens is 1. The minimum atomic E-state index is -0.501. The topological polar surface area (TPSA) is 87.5 Å². The number of hydrogen-bond donors (Lipinski definition) is 2. The predicted molar refractivity (Wildman–Crippen MR) is 86.0 cm³/mol. The zero-order valence-electron chi connectivity index (χ0n) is 11.2. The summed E-state index contributed by atoms with van der Waals surface area (Å²) in [6.45, 7) is 0. The first-order valence-corrected chi connectivity index (χ1v) is 7.13. The van der Waals surface area contributed by atoms with Crippen LogP contribution in [0.25, 0.3) is 10.9 Å². The Morgan fingerprint density at radius 2 is 2.09 bits per heavy atom. The van der Waals surface area contributed by atoms with E-state index in [9.17, 15) is 9.59 Å². The average molecular weight is 360 g/mol. The van der Waals surface area contributed by atoms with Gasteiger partial charge in [-0.3, -0.25) is 9.59 Å². The molecule has 2 heterocycles. The number of benzene rings is 1. The van der Waals surface area contributed by atoms with Gasteiger partial charge in [0.25, 0.3) is 5.56 Å². The van der Waals surface area contributed by atoms with E-state index in [0.29, 0.717) is 10.2 Å². The quantitative estimate of drug-likeness (QED) is 0.556. The Kier molecular flexibility index (Phi) is 3.88. The highest BCUT2D eigenvalue weighted by Gasteiger charge is 2.08. The minimum absolute atomic E-state index is 0.122. The van der Waals surface area contributed by atoms with E-state index < -0.39 is 5.91 Å². The second kappa shape index (κ2) is 5.98. The molecule has 3 rings (SSSR count). The lowest BCUT2D eigenvalue weighted by Gasteiger charge is -1.99. The summed E-state index contributed by atoms with van der Waals surface area (Å²) in [7, 11) is 0. The van der Waals surface area contributed by atoms with Gasteiger partial charge in [-0.05, 0) is 45.6 Å². The lowest BCUT2D eigenvalue weighted by Crippen LogP contribution is -2.18. The summed E-state index contributed by atoms with van der Waals surface area (Å²) in [5.74, 6) is -0.379. The number of aromatic amines is 1. The maximum Gasteiger partial charge on any atom is 0.307 e. The summed E-state index contributed by atoms with van der Waals surface area (Å²) < 4.78 is 5.54. The molecule has 0 atom stereocenters. The number of hydrazone groups is 1. The van der Waals surface area contributed by atoms with E-state index in [1.807, 2.05) is 24.3 Å². The first-order valence-electron chi connectivity index (χ1n) is 6.34. The first-order chi connectivity index (χ1) is 10.6. The van der Waals surface area contributed by atoms with Gasteiger partial charge in [-0.2, -0.15) is 5.10 Å². The fraction of sp³-hybridized carbons (Fsp3) is 0. The Labute approximate surface area is 133 Å². The maximum atomic E-state index is 11.9. The minimum Gasteiger partial charge on any atom is -0.444 e. The van der Waals surface area contributed by atoms with Gasteiger partial charge >= 0.3 is 5.91 Å². The van der Waals surface area contributed by atoms with E-state index in [1.54, 1.807) is 12.1 Å². The van der Waals surface area contributed by atoms with Gasteiger partial charge in [0.05, 0.1) is 11.8 Å². The normalized spacial score (nSPS) is 11.1. The van der Waals surface area contributed by atoms with Crippen molar-refractivity contribution in [3.05, 3.63) is 68.8 Å². The predicted octanol–water partition coefficient (Wildman–Crippen LogP) is 2.65. The highest BCUT2D eigenvalue weighted by atomic mass is 79.9. The Hall–Kier alpha value is -2.67. The monoisotopic (exact) mass is 359 g/mol. The summed E-state index contributed by atoms with van der Waals surface area (Å²) in [6, 6.07) is 12.2. The van der Waals surface area contributed by atoms with Gasteiger partial charge < -0.3 is 9.40 Å². The van der Waals surface area contributed by atoms with Crippen LogP contribution in [0.15, 0.2) is 61.4 Å². The lowest BCUT2D eigenvalue weighted by atomic mass is 10.2. The third kappa shape index (κ3) is 2.99. The molecule has 0 spiro atoms. The van der Waals surface area contributed by atoms with Crippen LogP contribution in [-0.4, -0.2) is 17.1 Å². The van der Waals surface area contributed by atoms with Crippen LogP contribution < -0.4 is 11.0 Å². The highest BCUT2D eigenvalue weighted by molar-refractivity contribution is 9.10. The van der Waals surface area contributed by atoms with Gasteiger partial charge in [0.1, 0.15) is 0 Å². The summed E-state index contributed by atoms with van der Waals surface area (Å²) in [4.78, 5) is 26.4. The molecule has 1 aromatic carbocycles. The van der Waals surface area contributed by atoms with Crippen LogP contribution in [0.1, 0.15) is 16.1 Å². The smallest absolute Gasteiger partial charge is 0.307 e. The summed E-state index contributed by atoms with van der Waals surface area (Å²) in [5, 5.41) is 4.65. The second-order valence-corrected chi connectivity index (χ2v) is 5.23. The number of carbonyl (C=O) groups excluding carboxylic acids is 1. The summed E-state index contributed by atoms with van der Waals surface area (Å²) in [6.07, 6.45) is 1.29. The van der Waals surface area contributed by atoms with E-state index in [0.717, 1.165) is 10.9 Å². The zero-order valence-corrected chi connectivity index (χ0v) is 12.8. The van der Waals surface area contributed by atoms with Crippen molar-refractivity contribution in [3.8, 4) is 0 Å². The zero-order chi connectivity index (χ0) is 15.5. The summed E-state index contributed by atoms with van der Waals surface area (Å²) >= 11 is 3.11. The van der Waals surface area contributed by atoms with Crippen molar-refractivity contribution in [3.63, 3.8) is 0 Å². The van der Waals surface area contributed by atoms with Gasteiger partial charge in [-0.15, -0.1) is 0 Å². The number of pyridine rings is 1. The Morgan fingerprint density at radius 1 is 1.27 bits per heavy atom. The van der Waals surface area contributed by atoms with Crippen LogP contribution in [0, 0.1) is 0 Å². The van der Waals surface area contributed by atoms with Crippen LogP contribution in [0.5, 0.6) is 0 Å². The molecule has 2 aromatic heterocycles. The first kappa shape index (κ1) is 14.3. The number of halogens is 1. The van der Waals surface area contributed by atoms with Crippen molar-refractivity contribution in [2.75, 3.05) is 0 Å². The maximum absolute atomic E-state index is 11.9. The number of amides is 1. The van der Waals surface area contributed by atoms with Gasteiger partial charge in [0.15, 0.2) is 10.4 Å². The number of nitrogens with zero attached hydrogens (tertiary/aromatic N) is 1. The molecule has 110 valence electrons. The van der Waals surface area contributed by atoms with E-state index >= 15 is 0 Å². The van der Waals surface area contributed by atoms with Gasteiger partial charge in [-0.25, -0.2) is 5.43 Å². The molecule has 0 aliphatic heterocycles. The molecule has 0 aliphatic rings. The largest absolute Gasteiger partial charge is 0.444 e. The fourth-order valence-corrected chi connectivity index (χ4v) is 2.22. The third-order valence-corrected chi connectivity index (χ3v) is 3.38. The fourth-order valence-electron chi connectivity index (χ4n) is 1.91. The SMILES string of the molecule is O=C(NN=Cc1cc2ccccc2[nH]c1=O)c1ccc(Br)o1. The second-order valence-electron chi connectivity index (χ2n) is 4.44. The molecule has 7 heteroatoms. The van der Waals surface area contributed by atoms with Gasteiger partial charge in [-0.1, -0.05) is 18.2 Å². The van der Waals surface area contributed by atoms with Crippen molar-refractivity contribution in [2.45, 2.75) is 0 Å². The third-order valence-electron chi connectivity index (χ3n) is 2.95. The molecule has 2 N–H and O–H groups in total. The van der Waals surface area contributed by atoms with E-state index in [-0.39, 0.29) is 11.3 Å². The average Bonchev–Trinajstić information content (AvgIpc) is 2.94. The van der Waals surface area contributed by atoms with Crippen LogP contribution in [0.4, 0.5) is 0 Å². The van der Waals surface area contributed by atoms with E-state index in [2.05, 4.69) is 31.4 Å². The van der Waals surface area contributed by atoms with Crippen molar-refractivity contribution in [2.24, 2.45) is 5.10 Å². The van der Waals surface area contributed by atoms with Gasteiger partial charge in [0, 0.05) is 5.52 Å². The number of carbonyl (C=O) groups is 1. The Morgan fingerprint density at radius 3 is 2.86 bits per heavy atom. The number of para-hydroxylation sites is 1. The molecule has 0 fully saturated rings. The van der Waals surface area contributed by atoms with E-state index in [4.69, 9.17) is 4.42 Å². The van der Waals surface area contributed by atoms with Crippen LogP contribution in [0.2, 0.25) is 0 Å². The van der Waals surface area contributed by atoms with Crippen molar-refractivity contribution >= 4 is 39.0 Å². The molecular formula is C15H10BrN3O3. The number of nitrogens with one attached hydrogen (secondary N) is 2. The molecule has 0 unspecified atom stereocenters. The molecule has 1 amide bonds. The number of hydrogen-bond acceptors (Lipinski definition) is 4. The lowest BCUT2D eigenvalue weighted by molar-refractivity contribution is 0.0926. The van der Waals surface area contributed by atoms with Crippen molar-refractivity contribution in [1.29, 1.82) is 0 Å². The van der Waals surface area contributed by atoms with Crippen LogP contribution in [-0.2, 0) is 0 Å². The van der Waals surface area contributed by atoms with E-state index in [1.165, 1.54) is 12.3 Å². The van der Waals surface area contributed by atoms with Crippen molar-refractivity contribution in [1.82, 2.24) is 10.4 Å². The number of rotatable bonds is 3. The summed E-state index contributed by atoms with van der Waals surface area (Å²) in [5.41, 5.74) is 3.11. The molecule has 0 radical (unpaired) electrons. The van der Waals surface area contributed by atoms with Crippen LogP contribution in [0.3, 0.4) is 0 Å². The molecule has 0 saturated carbocycles. The molecule has 0 bridgehead atoms. The van der Waals surface area contributed by atoms with Gasteiger partial charge in [0.2, 0.25) is 0 Å². The highest BCUT2D eigenvalue weighted by Crippen LogP contribution is 2.13. The molecular weight excluding hydrogens is 350 g/mol. The standard InChI is InChI=1S/C15H10BrN3O3/c16-13-6-5-12(22-13)15(21)19-17-8-10-7-9-3-1-2-4-11(9)18-14(10)20/h1-8H,(H,18,20)(H,19,21). The van der Waals surface area contributed by atoms with Crippen LogP contribution >= 0.6 is 15.9 Å². The molecule has 0 saturated heterocycles. The Bertz CT molecular complexity index is 927.